The van der Waals surface area contributed by atoms with Gasteiger partial charge in [0.05, 0.1) is 25.4 Å². The number of alkyl halides is 3. The van der Waals surface area contributed by atoms with Crippen molar-refractivity contribution in [2.45, 2.75) is 18.8 Å². The van der Waals surface area contributed by atoms with Gasteiger partial charge in [0.1, 0.15) is 18.1 Å². The molecule has 0 bridgehead atoms. The number of amides is 1. The Labute approximate surface area is 177 Å². The van der Waals surface area contributed by atoms with Crippen LogP contribution in [0.15, 0.2) is 77.4 Å². The van der Waals surface area contributed by atoms with Crippen LogP contribution in [0.2, 0.25) is 0 Å². The third-order valence-corrected chi connectivity index (χ3v) is 4.78. The zero-order valence-electron chi connectivity index (χ0n) is 16.8. The summed E-state index contributed by atoms with van der Waals surface area (Å²) < 4.78 is 57.8. The molecule has 1 amide bonds. The fourth-order valence-electron chi connectivity index (χ4n) is 3.43. The summed E-state index contributed by atoms with van der Waals surface area (Å²) in [4.78, 5) is 15.2. The number of carbonyl (C=O) groups excluding carboxylic acids is 1. The molecule has 0 aliphatic heterocycles. The summed E-state index contributed by atoms with van der Waals surface area (Å²) in [6.45, 7) is -1.94. The molecule has 3 aromatic rings. The van der Waals surface area contributed by atoms with E-state index in [2.05, 4.69) is 0 Å². The van der Waals surface area contributed by atoms with Crippen molar-refractivity contribution in [2.75, 3.05) is 20.1 Å². The molecule has 8 heteroatoms. The van der Waals surface area contributed by atoms with Crippen LogP contribution in [0.1, 0.15) is 22.9 Å². The number of hydrogen-bond acceptors (Lipinski definition) is 3. The van der Waals surface area contributed by atoms with Crippen LogP contribution in [-0.4, -0.2) is 42.0 Å². The van der Waals surface area contributed by atoms with Gasteiger partial charge in [-0.25, -0.2) is 4.39 Å². The molecule has 2 aromatic carbocycles. The van der Waals surface area contributed by atoms with Crippen molar-refractivity contribution in [2.24, 2.45) is 0 Å². The van der Waals surface area contributed by atoms with E-state index in [9.17, 15) is 22.4 Å². The highest BCUT2D eigenvalue weighted by Gasteiger charge is 2.34. The Hall–Kier alpha value is -3.13. The summed E-state index contributed by atoms with van der Waals surface area (Å²) in [5.74, 6) is -0.832. The molecule has 0 aliphatic rings. The maximum Gasteiger partial charge on any atom is 0.406 e. The first-order valence-electron chi connectivity index (χ1n) is 9.60. The minimum absolute atomic E-state index is 0.262. The Kier molecular flexibility index (Phi) is 7.12. The van der Waals surface area contributed by atoms with Crippen LogP contribution < -0.4 is 0 Å². The molecule has 1 heterocycles. The Morgan fingerprint density at radius 1 is 0.968 bits per heavy atom. The molecule has 31 heavy (non-hydrogen) atoms. The Balaban J connectivity index is 1.83. The lowest BCUT2D eigenvalue weighted by Crippen LogP contribution is -2.44. The molecule has 4 nitrogen and oxygen atoms in total. The van der Waals surface area contributed by atoms with Crippen molar-refractivity contribution in [3.8, 4) is 0 Å². The molecule has 0 fully saturated rings. The molecule has 164 valence electrons. The number of rotatable bonds is 8. The third kappa shape index (κ3) is 6.42. The summed E-state index contributed by atoms with van der Waals surface area (Å²) in [5, 5.41) is 0. The normalized spacial score (nSPS) is 12.7. The Morgan fingerprint density at radius 2 is 1.61 bits per heavy atom. The summed E-state index contributed by atoms with van der Waals surface area (Å²) in [7, 11) is 1.65. The van der Waals surface area contributed by atoms with Crippen LogP contribution in [0.25, 0.3) is 0 Å². The lowest BCUT2D eigenvalue weighted by Gasteiger charge is -2.31. The SMILES string of the molecule is CN(CC(=O)N(Cc1ccco1)CC(F)(F)F)C(c1ccccc1)c1ccc(F)cc1. The van der Waals surface area contributed by atoms with Gasteiger partial charge in [-0.1, -0.05) is 42.5 Å². The number of hydrogen-bond donors (Lipinski definition) is 0. The van der Waals surface area contributed by atoms with E-state index in [0.29, 0.717) is 0 Å². The monoisotopic (exact) mass is 434 g/mol. The number of benzene rings is 2. The Bertz CT molecular complexity index is 958. The van der Waals surface area contributed by atoms with Crippen LogP contribution in [0.4, 0.5) is 17.6 Å². The van der Waals surface area contributed by atoms with Crippen LogP contribution in [-0.2, 0) is 11.3 Å². The fourth-order valence-corrected chi connectivity index (χ4v) is 3.43. The Morgan fingerprint density at radius 3 is 2.19 bits per heavy atom. The minimum Gasteiger partial charge on any atom is -0.467 e. The molecule has 0 saturated heterocycles. The topological polar surface area (TPSA) is 36.7 Å². The first kappa shape index (κ1) is 22.6. The molecule has 3 rings (SSSR count). The van der Waals surface area contributed by atoms with Gasteiger partial charge < -0.3 is 9.32 Å². The van der Waals surface area contributed by atoms with Crippen molar-refractivity contribution in [1.29, 1.82) is 0 Å². The van der Waals surface area contributed by atoms with Crippen LogP contribution in [0.5, 0.6) is 0 Å². The molecule has 0 saturated carbocycles. The van der Waals surface area contributed by atoms with Gasteiger partial charge in [0, 0.05) is 0 Å². The molecule has 0 spiro atoms. The molecular formula is C23H22F4N2O2. The van der Waals surface area contributed by atoms with Crippen LogP contribution in [0.3, 0.4) is 0 Å². The molecule has 1 atom stereocenters. The van der Waals surface area contributed by atoms with Crippen molar-refractivity contribution < 1.29 is 26.8 Å². The average Bonchev–Trinajstić information content (AvgIpc) is 3.22. The zero-order valence-corrected chi connectivity index (χ0v) is 16.8. The lowest BCUT2D eigenvalue weighted by molar-refractivity contribution is -0.163. The van der Waals surface area contributed by atoms with Crippen LogP contribution >= 0.6 is 0 Å². The second kappa shape index (κ2) is 9.78. The largest absolute Gasteiger partial charge is 0.467 e. The van der Waals surface area contributed by atoms with E-state index in [4.69, 9.17) is 4.42 Å². The number of furan rings is 1. The second-order valence-electron chi connectivity index (χ2n) is 7.22. The zero-order chi connectivity index (χ0) is 22.4. The molecule has 0 radical (unpaired) electrons. The predicted molar refractivity (Wildman–Crippen MR) is 107 cm³/mol. The highest BCUT2D eigenvalue weighted by atomic mass is 19.4. The smallest absolute Gasteiger partial charge is 0.406 e. The van der Waals surface area contributed by atoms with E-state index in [1.807, 2.05) is 30.3 Å². The van der Waals surface area contributed by atoms with E-state index < -0.39 is 30.5 Å². The lowest BCUT2D eigenvalue weighted by atomic mass is 9.97. The summed E-state index contributed by atoms with van der Waals surface area (Å²) >= 11 is 0. The van der Waals surface area contributed by atoms with E-state index in [1.54, 1.807) is 30.1 Å². The first-order valence-corrected chi connectivity index (χ1v) is 9.60. The summed E-state index contributed by atoms with van der Waals surface area (Å²) in [5.41, 5.74) is 1.55. The fraction of sp³-hybridized carbons (Fsp3) is 0.261. The molecule has 1 unspecified atom stereocenters. The van der Waals surface area contributed by atoms with E-state index in [-0.39, 0.29) is 18.8 Å². The standard InChI is InChI=1S/C23H22F4N2O2/c1-28(15-21(30)29(16-23(25,26)27)14-20-8-5-13-31-20)22(17-6-3-2-4-7-17)18-9-11-19(24)12-10-18/h2-13,22H,14-16H2,1H3. The van der Waals surface area contributed by atoms with Gasteiger partial charge in [-0.15, -0.1) is 0 Å². The van der Waals surface area contributed by atoms with Gasteiger partial charge in [-0.2, -0.15) is 13.2 Å². The second-order valence-corrected chi connectivity index (χ2v) is 7.22. The van der Waals surface area contributed by atoms with E-state index in [1.165, 1.54) is 24.5 Å². The number of nitrogens with zero attached hydrogens (tertiary/aromatic N) is 2. The van der Waals surface area contributed by atoms with Crippen molar-refractivity contribution in [3.05, 3.63) is 95.7 Å². The quantitative estimate of drug-likeness (QED) is 0.467. The maximum atomic E-state index is 13.4. The predicted octanol–water partition coefficient (Wildman–Crippen LogP) is 5.03. The number of carbonyl (C=O) groups is 1. The van der Waals surface area contributed by atoms with Gasteiger partial charge in [0.15, 0.2) is 0 Å². The minimum atomic E-state index is -4.55. The molecule has 0 N–H and O–H groups in total. The van der Waals surface area contributed by atoms with Crippen LogP contribution in [0, 0.1) is 5.82 Å². The van der Waals surface area contributed by atoms with Gasteiger partial charge >= 0.3 is 6.18 Å². The summed E-state index contributed by atoms with van der Waals surface area (Å²) in [6, 6.07) is 17.7. The van der Waals surface area contributed by atoms with Gasteiger partial charge in [-0.05, 0) is 42.4 Å². The molecular weight excluding hydrogens is 412 g/mol. The first-order chi connectivity index (χ1) is 14.7. The maximum absolute atomic E-state index is 13.4. The highest BCUT2D eigenvalue weighted by Crippen LogP contribution is 2.28. The van der Waals surface area contributed by atoms with Crippen molar-refractivity contribution >= 4 is 5.91 Å². The van der Waals surface area contributed by atoms with Gasteiger partial charge in [0.2, 0.25) is 5.91 Å². The number of likely N-dealkylation sites (N-methyl/N-ethyl adjacent to an activating group) is 1. The average molecular weight is 434 g/mol. The number of halogens is 4. The third-order valence-electron chi connectivity index (χ3n) is 4.78. The van der Waals surface area contributed by atoms with Gasteiger partial charge in [-0.3, -0.25) is 9.69 Å². The van der Waals surface area contributed by atoms with Crippen molar-refractivity contribution in [1.82, 2.24) is 9.80 Å². The molecule has 0 aliphatic carbocycles. The van der Waals surface area contributed by atoms with Gasteiger partial charge in [0.25, 0.3) is 0 Å². The summed E-state index contributed by atoms with van der Waals surface area (Å²) in [6.07, 6.45) is -3.20. The molecule has 1 aromatic heterocycles. The van der Waals surface area contributed by atoms with E-state index >= 15 is 0 Å². The van der Waals surface area contributed by atoms with Crippen molar-refractivity contribution in [3.63, 3.8) is 0 Å². The highest BCUT2D eigenvalue weighted by molar-refractivity contribution is 5.78. The van der Waals surface area contributed by atoms with E-state index in [0.717, 1.165) is 16.0 Å².